The predicted molar refractivity (Wildman–Crippen MR) is 41.6 cm³/mol. The molecule has 0 atom stereocenters. The lowest BCUT2D eigenvalue weighted by Gasteiger charge is -2.00. The lowest BCUT2D eigenvalue weighted by molar-refractivity contribution is 0.181. The van der Waals surface area contributed by atoms with Gasteiger partial charge >= 0.3 is 0 Å². The fraction of sp³-hybridized carbons (Fsp3) is 0.333. The highest BCUT2D eigenvalue weighted by atomic mass is 16.5. The molecule has 0 spiro atoms. The number of aromatic nitrogens is 2. The van der Waals surface area contributed by atoms with Crippen LogP contribution in [-0.4, -0.2) is 17.1 Å². The SMILES string of the molecule is COCc1cc(N)nc(N)n1. The van der Waals surface area contributed by atoms with Crippen LogP contribution in [-0.2, 0) is 11.3 Å². The lowest BCUT2D eigenvalue weighted by Crippen LogP contribution is -2.03. The van der Waals surface area contributed by atoms with Gasteiger partial charge in [-0.1, -0.05) is 0 Å². The van der Waals surface area contributed by atoms with Crippen LogP contribution < -0.4 is 11.5 Å². The Hall–Kier alpha value is -1.36. The predicted octanol–water partition coefficient (Wildman–Crippen LogP) is -0.213. The molecule has 60 valence electrons. The van der Waals surface area contributed by atoms with Gasteiger partial charge in [-0.15, -0.1) is 0 Å². The van der Waals surface area contributed by atoms with Crippen LogP contribution in [0.5, 0.6) is 0 Å². The molecule has 11 heavy (non-hydrogen) atoms. The highest BCUT2D eigenvalue weighted by Gasteiger charge is 1.97. The molecule has 0 saturated heterocycles. The highest BCUT2D eigenvalue weighted by Crippen LogP contribution is 2.04. The third-order valence-corrected chi connectivity index (χ3v) is 1.11. The minimum atomic E-state index is 0.178. The van der Waals surface area contributed by atoms with Crippen LogP contribution in [0.3, 0.4) is 0 Å². The van der Waals surface area contributed by atoms with Crippen molar-refractivity contribution in [2.24, 2.45) is 0 Å². The minimum Gasteiger partial charge on any atom is -0.384 e. The third-order valence-electron chi connectivity index (χ3n) is 1.11. The van der Waals surface area contributed by atoms with Gasteiger partial charge in [0.05, 0.1) is 12.3 Å². The molecule has 4 N–H and O–H groups in total. The van der Waals surface area contributed by atoms with Crippen molar-refractivity contribution in [1.29, 1.82) is 0 Å². The number of nitrogen functional groups attached to an aromatic ring is 2. The second kappa shape index (κ2) is 3.16. The van der Waals surface area contributed by atoms with E-state index in [9.17, 15) is 0 Å². The molecule has 1 heterocycles. The van der Waals surface area contributed by atoms with Crippen molar-refractivity contribution in [2.45, 2.75) is 6.61 Å². The molecule has 5 nitrogen and oxygen atoms in total. The van der Waals surface area contributed by atoms with Crippen molar-refractivity contribution in [3.8, 4) is 0 Å². The Morgan fingerprint density at radius 1 is 1.45 bits per heavy atom. The monoisotopic (exact) mass is 154 g/mol. The van der Waals surface area contributed by atoms with Gasteiger partial charge in [0.25, 0.3) is 0 Å². The zero-order chi connectivity index (χ0) is 8.27. The number of nitrogens with zero attached hydrogens (tertiary/aromatic N) is 2. The van der Waals surface area contributed by atoms with Gasteiger partial charge in [-0.25, -0.2) is 4.98 Å². The fourth-order valence-electron chi connectivity index (χ4n) is 0.761. The standard InChI is InChI=1S/C6H10N4O/c1-11-3-4-2-5(7)10-6(8)9-4/h2H,3H2,1H3,(H4,7,8,9,10). The Labute approximate surface area is 64.4 Å². The molecule has 0 radical (unpaired) electrons. The first-order valence-electron chi connectivity index (χ1n) is 3.10. The maximum Gasteiger partial charge on any atom is 0.222 e. The summed E-state index contributed by atoms with van der Waals surface area (Å²) in [5.41, 5.74) is 11.4. The molecule has 0 aliphatic carbocycles. The summed E-state index contributed by atoms with van der Waals surface area (Å²) in [7, 11) is 1.58. The number of methoxy groups -OCH3 is 1. The van der Waals surface area contributed by atoms with Crippen molar-refractivity contribution in [3.05, 3.63) is 11.8 Å². The second-order valence-corrected chi connectivity index (χ2v) is 2.08. The van der Waals surface area contributed by atoms with Gasteiger partial charge in [0.2, 0.25) is 5.95 Å². The summed E-state index contributed by atoms with van der Waals surface area (Å²) in [5.74, 6) is 0.543. The summed E-state index contributed by atoms with van der Waals surface area (Å²) in [6.07, 6.45) is 0. The molecular formula is C6H10N4O. The maximum absolute atomic E-state index is 5.40. The number of ether oxygens (including phenoxy) is 1. The number of anilines is 2. The van der Waals surface area contributed by atoms with Crippen molar-refractivity contribution < 1.29 is 4.74 Å². The van der Waals surface area contributed by atoms with Crippen molar-refractivity contribution in [1.82, 2.24) is 9.97 Å². The van der Waals surface area contributed by atoms with Gasteiger partial charge in [0.1, 0.15) is 5.82 Å². The van der Waals surface area contributed by atoms with Crippen molar-refractivity contribution in [2.75, 3.05) is 18.6 Å². The van der Waals surface area contributed by atoms with Gasteiger partial charge < -0.3 is 16.2 Å². The molecular weight excluding hydrogens is 144 g/mol. The molecule has 0 aliphatic heterocycles. The van der Waals surface area contributed by atoms with E-state index < -0.39 is 0 Å². The summed E-state index contributed by atoms with van der Waals surface area (Å²) >= 11 is 0. The van der Waals surface area contributed by atoms with E-state index in [1.54, 1.807) is 13.2 Å². The van der Waals surface area contributed by atoms with Gasteiger partial charge in [0.15, 0.2) is 0 Å². The Bertz CT molecular complexity index is 230. The second-order valence-electron chi connectivity index (χ2n) is 2.08. The molecule has 0 aliphatic rings. The highest BCUT2D eigenvalue weighted by molar-refractivity contribution is 5.35. The Morgan fingerprint density at radius 2 is 2.18 bits per heavy atom. The molecule has 1 rings (SSSR count). The van der Waals surface area contributed by atoms with Gasteiger partial charge in [0, 0.05) is 13.2 Å². The first-order valence-corrected chi connectivity index (χ1v) is 3.10. The molecule has 0 aromatic carbocycles. The van der Waals surface area contributed by atoms with Gasteiger partial charge in [-0.05, 0) is 0 Å². The van der Waals surface area contributed by atoms with E-state index in [1.807, 2.05) is 0 Å². The van der Waals surface area contributed by atoms with E-state index in [0.29, 0.717) is 18.1 Å². The zero-order valence-corrected chi connectivity index (χ0v) is 6.24. The Balaban J connectivity index is 2.89. The molecule has 1 aromatic rings. The number of rotatable bonds is 2. The maximum atomic E-state index is 5.40. The smallest absolute Gasteiger partial charge is 0.222 e. The van der Waals surface area contributed by atoms with Crippen LogP contribution in [0.4, 0.5) is 11.8 Å². The first kappa shape index (κ1) is 7.74. The Morgan fingerprint density at radius 3 is 2.73 bits per heavy atom. The molecule has 0 fully saturated rings. The molecule has 0 unspecified atom stereocenters. The molecule has 0 bridgehead atoms. The molecule has 0 amide bonds. The summed E-state index contributed by atoms with van der Waals surface area (Å²) in [4.78, 5) is 7.59. The summed E-state index contributed by atoms with van der Waals surface area (Å²) < 4.78 is 4.84. The van der Waals surface area contributed by atoms with Crippen LogP contribution in [0.15, 0.2) is 6.07 Å². The summed E-state index contributed by atoms with van der Waals surface area (Å²) in [6, 6.07) is 1.62. The lowest BCUT2D eigenvalue weighted by atomic mass is 10.4. The van der Waals surface area contributed by atoms with E-state index in [1.165, 1.54) is 0 Å². The quantitative estimate of drug-likeness (QED) is 0.615. The van der Waals surface area contributed by atoms with Crippen LogP contribution in [0.2, 0.25) is 0 Å². The van der Waals surface area contributed by atoms with E-state index in [2.05, 4.69) is 9.97 Å². The fourth-order valence-corrected chi connectivity index (χ4v) is 0.761. The number of hydrogen-bond donors (Lipinski definition) is 2. The Kier molecular flexibility index (Phi) is 2.22. The van der Waals surface area contributed by atoms with E-state index in [-0.39, 0.29) is 5.95 Å². The van der Waals surface area contributed by atoms with Crippen molar-refractivity contribution in [3.63, 3.8) is 0 Å². The molecule has 5 heteroatoms. The minimum absolute atomic E-state index is 0.178. The topological polar surface area (TPSA) is 87.0 Å². The van der Waals surface area contributed by atoms with Crippen LogP contribution in [0.1, 0.15) is 5.69 Å². The van der Waals surface area contributed by atoms with Gasteiger partial charge in [-0.2, -0.15) is 4.98 Å². The number of nitrogens with two attached hydrogens (primary N) is 2. The average molecular weight is 154 g/mol. The normalized spacial score (nSPS) is 9.91. The zero-order valence-electron chi connectivity index (χ0n) is 6.24. The van der Waals surface area contributed by atoms with E-state index >= 15 is 0 Å². The van der Waals surface area contributed by atoms with Gasteiger partial charge in [-0.3, -0.25) is 0 Å². The van der Waals surface area contributed by atoms with E-state index in [0.717, 1.165) is 0 Å². The van der Waals surface area contributed by atoms with Crippen LogP contribution >= 0.6 is 0 Å². The van der Waals surface area contributed by atoms with Crippen LogP contribution in [0, 0.1) is 0 Å². The van der Waals surface area contributed by atoms with Crippen LogP contribution in [0.25, 0.3) is 0 Å². The molecule has 1 aromatic heterocycles. The first-order chi connectivity index (χ1) is 5.22. The largest absolute Gasteiger partial charge is 0.384 e. The molecule has 0 saturated carbocycles. The number of hydrogen-bond acceptors (Lipinski definition) is 5. The van der Waals surface area contributed by atoms with Crippen molar-refractivity contribution >= 4 is 11.8 Å². The summed E-state index contributed by atoms with van der Waals surface area (Å²) in [6.45, 7) is 0.400. The third kappa shape index (κ3) is 2.05. The van der Waals surface area contributed by atoms with E-state index in [4.69, 9.17) is 16.2 Å². The average Bonchev–Trinajstić information content (AvgIpc) is 1.85. The summed E-state index contributed by atoms with van der Waals surface area (Å²) in [5, 5.41) is 0.